The van der Waals surface area contributed by atoms with Crippen molar-refractivity contribution >= 4 is 94.5 Å². The molecule has 3 aromatic heterocycles. The van der Waals surface area contributed by atoms with Crippen LogP contribution in [0, 0.1) is 6.92 Å². The summed E-state index contributed by atoms with van der Waals surface area (Å²) in [5.41, 5.74) is 17.8. The minimum Gasteiger partial charge on any atom is -0.456 e. The largest absolute Gasteiger partial charge is 0.456 e. The molecule has 0 N–H and O–H groups in total. The maximum atomic E-state index is 6.80. The maximum Gasteiger partial charge on any atom is 0.333 e. The van der Waals surface area contributed by atoms with Crippen molar-refractivity contribution in [1.29, 1.82) is 0 Å². The summed E-state index contributed by atoms with van der Waals surface area (Å²) >= 11 is 0. The second-order valence-corrected chi connectivity index (χ2v) is 16.6. The number of anilines is 2. The number of benzene rings is 9. The van der Waals surface area contributed by atoms with Gasteiger partial charge in [-0.2, -0.15) is 0 Å². The molecule has 4 nitrogen and oxygen atoms in total. The van der Waals surface area contributed by atoms with E-state index in [-0.39, 0.29) is 6.85 Å². The lowest BCUT2D eigenvalue weighted by atomic mass is 9.44. The third-order valence-electron chi connectivity index (χ3n) is 13.3. The highest BCUT2D eigenvalue weighted by molar-refractivity contribution is 6.94. The molecule has 0 bridgehead atoms. The van der Waals surface area contributed by atoms with Gasteiger partial charge in [-0.15, -0.1) is 0 Å². The summed E-state index contributed by atoms with van der Waals surface area (Å²) in [5.74, 6) is 0.873. The molecule has 0 atom stereocenters. The zero-order valence-electron chi connectivity index (χ0n) is 32.7. The number of aryl methyl sites for hydroxylation is 1. The molecular formula is C55H34BN3O. The summed E-state index contributed by atoms with van der Waals surface area (Å²) in [5, 5.41) is 8.54. The number of aromatic nitrogens is 2. The summed E-state index contributed by atoms with van der Waals surface area (Å²) in [4.78, 5) is 2.59. The van der Waals surface area contributed by atoms with E-state index in [0.717, 1.165) is 28.0 Å². The van der Waals surface area contributed by atoms with E-state index in [1.54, 1.807) is 0 Å². The van der Waals surface area contributed by atoms with E-state index in [2.05, 4.69) is 209 Å². The molecule has 0 amide bonds. The van der Waals surface area contributed by atoms with Crippen LogP contribution < -0.4 is 15.7 Å². The Labute approximate surface area is 345 Å². The summed E-state index contributed by atoms with van der Waals surface area (Å²) in [6.45, 7) is 2.05. The van der Waals surface area contributed by atoms with Crippen molar-refractivity contribution in [2.45, 2.75) is 6.92 Å². The van der Waals surface area contributed by atoms with Crippen molar-refractivity contribution in [3.8, 4) is 33.8 Å². The van der Waals surface area contributed by atoms with Crippen LogP contribution in [0.3, 0.4) is 0 Å². The lowest BCUT2D eigenvalue weighted by Crippen LogP contribution is -2.60. The first-order valence-electron chi connectivity index (χ1n) is 20.8. The molecule has 2 aliphatic heterocycles. The van der Waals surface area contributed by atoms with Gasteiger partial charge in [0.2, 0.25) is 0 Å². The van der Waals surface area contributed by atoms with Crippen LogP contribution in [0.15, 0.2) is 192 Å². The normalized spacial score (nSPS) is 13.0. The molecule has 60 heavy (non-hydrogen) atoms. The van der Waals surface area contributed by atoms with E-state index >= 15 is 0 Å². The molecule has 2 aliphatic rings. The molecule has 14 rings (SSSR count). The van der Waals surface area contributed by atoms with Gasteiger partial charge in [0.15, 0.2) is 0 Å². The minimum atomic E-state index is -0.118. The molecule has 0 spiro atoms. The van der Waals surface area contributed by atoms with Crippen LogP contribution in [-0.4, -0.2) is 16.0 Å². The fourth-order valence-corrected chi connectivity index (χ4v) is 10.7. The topological polar surface area (TPSA) is 26.2 Å². The average molecular weight is 764 g/mol. The summed E-state index contributed by atoms with van der Waals surface area (Å²) < 4.78 is 11.9. The predicted octanol–water partition coefficient (Wildman–Crippen LogP) is 13.0. The van der Waals surface area contributed by atoms with Gasteiger partial charge in [0.25, 0.3) is 0 Å². The molecule has 278 valence electrons. The van der Waals surface area contributed by atoms with E-state index in [1.165, 1.54) is 99.1 Å². The van der Waals surface area contributed by atoms with Gasteiger partial charge in [-0.1, -0.05) is 133 Å². The molecule has 0 aliphatic carbocycles. The van der Waals surface area contributed by atoms with Crippen LogP contribution >= 0.6 is 0 Å². The van der Waals surface area contributed by atoms with Crippen LogP contribution in [0.4, 0.5) is 11.4 Å². The first-order chi connectivity index (χ1) is 29.7. The van der Waals surface area contributed by atoms with Gasteiger partial charge < -0.3 is 18.4 Å². The Bertz CT molecular complexity index is 3740. The van der Waals surface area contributed by atoms with Crippen molar-refractivity contribution in [2.75, 3.05) is 4.81 Å². The van der Waals surface area contributed by atoms with Crippen molar-refractivity contribution in [3.63, 3.8) is 0 Å². The van der Waals surface area contributed by atoms with Crippen molar-refractivity contribution < 1.29 is 4.42 Å². The van der Waals surface area contributed by atoms with E-state index in [1.807, 2.05) is 0 Å². The van der Waals surface area contributed by atoms with E-state index < -0.39 is 0 Å². The van der Waals surface area contributed by atoms with Gasteiger partial charge in [-0.05, 0) is 88.8 Å². The van der Waals surface area contributed by atoms with Crippen molar-refractivity contribution in [3.05, 3.63) is 194 Å². The zero-order valence-corrected chi connectivity index (χ0v) is 32.7. The first-order valence-corrected chi connectivity index (χ1v) is 20.8. The Morgan fingerprint density at radius 2 is 1.15 bits per heavy atom. The van der Waals surface area contributed by atoms with Crippen LogP contribution in [0.1, 0.15) is 5.56 Å². The Balaban J connectivity index is 1.21. The fraction of sp³-hybridized carbons (Fsp3) is 0.0182. The average Bonchev–Trinajstić information content (AvgIpc) is 3.98. The number of hydrogen-bond acceptors (Lipinski definition) is 2. The quantitative estimate of drug-likeness (QED) is 0.168. The Kier molecular flexibility index (Phi) is 6.27. The van der Waals surface area contributed by atoms with Gasteiger partial charge in [0.1, 0.15) is 11.3 Å². The van der Waals surface area contributed by atoms with Crippen LogP contribution in [0.25, 0.3) is 99.2 Å². The SMILES string of the molecule is Cc1ccc(N2B3c4cc5cc(-c6ccccc6)oc5cc4-n4c5cc6ccccc6cc5c5c(-n6c7ccccc7c7ccccc76)cc(c3c54)-c3ccccc32)cc1. The zero-order chi connectivity index (χ0) is 39.2. The maximum absolute atomic E-state index is 6.80. The highest BCUT2D eigenvalue weighted by atomic mass is 16.3. The Morgan fingerprint density at radius 1 is 0.467 bits per heavy atom. The molecule has 5 heteroatoms. The smallest absolute Gasteiger partial charge is 0.333 e. The monoisotopic (exact) mass is 763 g/mol. The van der Waals surface area contributed by atoms with Gasteiger partial charge in [0.05, 0.1) is 27.8 Å². The number of nitrogens with zero attached hydrogens (tertiary/aromatic N) is 3. The molecule has 0 fully saturated rings. The molecule has 12 aromatic rings. The van der Waals surface area contributed by atoms with Crippen LogP contribution in [0.5, 0.6) is 0 Å². The summed E-state index contributed by atoms with van der Waals surface area (Å²) in [6.07, 6.45) is 0. The molecular weight excluding hydrogens is 729 g/mol. The molecule has 0 saturated heterocycles. The number of fused-ring (bicyclic) bond motifs is 13. The van der Waals surface area contributed by atoms with Gasteiger partial charge in [-0.25, -0.2) is 0 Å². The third kappa shape index (κ3) is 4.20. The van der Waals surface area contributed by atoms with Gasteiger partial charge in [-0.3, -0.25) is 0 Å². The highest BCUT2D eigenvalue weighted by Gasteiger charge is 2.45. The van der Waals surface area contributed by atoms with E-state index in [4.69, 9.17) is 4.42 Å². The number of furan rings is 1. The molecule has 0 unspecified atom stereocenters. The first kappa shape index (κ1) is 32.2. The van der Waals surface area contributed by atoms with Crippen molar-refractivity contribution in [1.82, 2.24) is 9.13 Å². The Morgan fingerprint density at radius 3 is 1.93 bits per heavy atom. The molecule has 9 aromatic carbocycles. The second kappa shape index (κ2) is 11.7. The van der Waals surface area contributed by atoms with Gasteiger partial charge >= 0.3 is 6.85 Å². The standard InChI is InChI=1S/C55H34BN3O/c1-33-23-25-38(26-24-33)59-47-22-12-9-19-41(47)42-31-50(57-45-20-10-7-17-39(45)40-18-8-11-21-46(40)57)53-43-27-35-15-5-6-16-36(35)29-48(43)58-49-32-52-37(28-44(49)56(59)54(42)55(53)58)30-51(60-52)34-13-3-2-4-14-34/h2-32H,1H3. The molecule has 5 heterocycles. The van der Waals surface area contributed by atoms with Crippen molar-refractivity contribution in [2.24, 2.45) is 0 Å². The third-order valence-corrected chi connectivity index (χ3v) is 13.3. The number of hydrogen-bond donors (Lipinski definition) is 0. The predicted molar refractivity (Wildman–Crippen MR) is 252 cm³/mol. The molecule has 0 radical (unpaired) electrons. The van der Waals surface area contributed by atoms with E-state index in [9.17, 15) is 0 Å². The number of para-hydroxylation sites is 3. The van der Waals surface area contributed by atoms with E-state index in [0.29, 0.717) is 0 Å². The summed E-state index contributed by atoms with van der Waals surface area (Å²) in [6, 6.07) is 69.4. The van der Waals surface area contributed by atoms with Crippen LogP contribution in [-0.2, 0) is 0 Å². The van der Waals surface area contributed by atoms with Crippen LogP contribution in [0.2, 0.25) is 0 Å². The number of rotatable bonds is 3. The highest BCUT2D eigenvalue weighted by Crippen LogP contribution is 2.49. The lowest BCUT2D eigenvalue weighted by molar-refractivity contribution is 0.631. The Hall–Kier alpha value is -7.76. The second-order valence-electron chi connectivity index (χ2n) is 16.6. The molecule has 0 saturated carbocycles. The lowest BCUT2D eigenvalue weighted by Gasteiger charge is -2.42. The summed E-state index contributed by atoms with van der Waals surface area (Å²) in [7, 11) is 0. The minimum absolute atomic E-state index is 0.118. The van der Waals surface area contributed by atoms with Gasteiger partial charge in [0, 0.05) is 61.2 Å². The fourth-order valence-electron chi connectivity index (χ4n) is 10.7.